The van der Waals surface area contributed by atoms with Crippen molar-refractivity contribution in [3.05, 3.63) is 41.9 Å². The SMILES string of the molecule is CCNC(=NCc1cc2c(cc1OC(F)F)OCO2)NCC(=O)NCc1ccco1.I. The number of guanidine groups is 1. The summed E-state index contributed by atoms with van der Waals surface area (Å²) < 4.78 is 45.7. The minimum Gasteiger partial charge on any atom is -0.467 e. The van der Waals surface area contributed by atoms with E-state index in [2.05, 4.69) is 25.7 Å². The second kappa shape index (κ2) is 12.2. The highest BCUT2D eigenvalue weighted by Gasteiger charge is 2.20. The largest absolute Gasteiger partial charge is 0.467 e. The van der Waals surface area contributed by atoms with Crippen molar-refractivity contribution in [1.82, 2.24) is 16.0 Å². The zero-order chi connectivity index (χ0) is 21.3. The van der Waals surface area contributed by atoms with Crippen molar-refractivity contribution in [2.45, 2.75) is 26.6 Å². The van der Waals surface area contributed by atoms with Gasteiger partial charge in [-0.3, -0.25) is 4.79 Å². The topological polar surface area (TPSA) is 106 Å². The third-order valence-electron chi connectivity index (χ3n) is 3.98. The summed E-state index contributed by atoms with van der Waals surface area (Å²) in [7, 11) is 0. The van der Waals surface area contributed by atoms with Gasteiger partial charge >= 0.3 is 6.61 Å². The van der Waals surface area contributed by atoms with E-state index in [9.17, 15) is 13.6 Å². The van der Waals surface area contributed by atoms with Crippen LogP contribution in [0.2, 0.25) is 0 Å². The molecule has 31 heavy (non-hydrogen) atoms. The molecule has 0 radical (unpaired) electrons. The fraction of sp³-hybridized carbons (Fsp3) is 0.368. The fourth-order valence-electron chi connectivity index (χ4n) is 2.63. The van der Waals surface area contributed by atoms with Crippen molar-refractivity contribution in [2.75, 3.05) is 19.9 Å². The minimum absolute atomic E-state index is 0. The molecule has 0 bridgehead atoms. The van der Waals surface area contributed by atoms with Gasteiger partial charge in [-0.1, -0.05) is 0 Å². The van der Waals surface area contributed by atoms with E-state index in [-0.39, 0.29) is 62.1 Å². The molecular formula is C19H23F2IN4O5. The molecule has 2 heterocycles. The molecule has 0 aliphatic carbocycles. The smallest absolute Gasteiger partial charge is 0.387 e. The quantitative estimate of drug-likeness (QED) is 0.250. The molecule has 0 atom stereocenters. The van der Waals surface area contributed by atoms with Crippen LogP contribution in [0.4, 0.5) is 8.78 Å². The number of furan rings is 1. The molecule has 0 unspecified atom stereocenters. The number of hydrogen-bond acceptors (Lipinski definition) is 6. The fourth-order valence-corrected chi connectivity index (χ4v) is 2.63. The number of alkyl halides is 2. The van der Waals surface area contributed by atoms with Gasteiger partial charge in [-0.05, 0) is 25.1 Å². The van der Waals surface area contributed by atoms with E-state index in [1.807, 2.05) is 6.92 Å². The number of nitrogens with one attached hydrogen (secondary N) is 3. The molecule has 0 fully saturated rings. The Balaban J connectivity index is 0.00000341. The van der Waals surface area contributed by atoms with Crippen molar-refractivity contribution in [1.29, 1.82) is 0 Å². The second-order valence-corrected chi connectivity index (χ2v) is 6.10. The van der Waals surface area contributed by atoms with Gasteiger partial charge in [0, 0.05) is 18.2 Å². The summed E-state index contributed by atoms with van der Waals surface area (Å²) >= 11 is 0. The van der Waals surface area contributed by atoms with Crippen molar-refractivity contribution in [2.24, 2.45) is 4.99 Å². The summed E-state index contributed by atoms with van der Waals surface area (Å²) in [6.45, 7) is -0.324. The second-order valence-electron chi connectivity index (χ2n) is 6.10. The average Bonchev–Trinajstić information content (AvgIpc) is 3.39. The first-order chi connectivity index (χ1) is 14.5. The highest BCUT2D eigenvalue weighted by molar-refractivity contribution is 14.0. The van der Waals surface area contributed by atoms with Gasteiger partial charge in [-0.2, -0.15) is 8.78 Å². The third-order valence-corrected chi connectivity index (χ3v) is 3.98. The molecule has 170 valence electrons. The molecule has 0 saturated carbocycles. The Morgan fingerprint density at radius 1 is 1.23 bits per heavy atom. The summed E-state index contributed by atoms with van der Waals surface area (Å²) in [6.07, 6.45) is 1.53. The summed E-state index contributed by atoms with van der Waals surface area (Å²) in [5.74, 6) is 1.42. The number of carbonyl (C=O) groups excluding carboxylic acids is 1. The lowest BCUT2D eigenvalue weighted by Crippen LogP contribution is -2.43. The molecule has 0 saturated heterocycles. The Bertz CT molecular complexity index is 880. The highest BCUT2D eigenvalue weighted by atomic mass is 127. The molecule has 1 aliphatic heterocycles. The molecule has 3 N–H and O–H groups in total. The summed E-state index contributed by atoms with van der Waals surface area (Å²) in [5.41, 5.74) is 0.388. The van der Waals surface area contributed by atoms with Crippen molar-refractivity contribution < 1.29 is 32.2 Å². The zero-order valence-corrected chi connectivity index (χ0v) is 19.0. The molecule has 1 aromatic carbocycles. The van der Waals surface area contributed by atoms with Gasteiger partial charge in [-0.15, -0.1) is 24.0 Å². The van der Waals surface area contributed by atoms with Gasteiger partial charge in [0.05, 0.1) is 25.9 Å². The predicted octanol–water partition coefficient (Wildman–Crippen LogP) is 2.60. The third kappa shape index (κ3) is 7.45. The highest BCUT2D eigenvalue weighted by Crippen LogP contribution is 2.39. The van der Waals surface area contributed by atoms with E-state index in [0.29, 0.717) is 35.3 Å². The summed E-state index contributed by atoms with van der Waals surface area (Å²) in [4.78, 5) is 16.3. The number of ether oxygens (including phenoxy) is 3. The van der Waals surface area contributed by atoms with Crippen LogP contribution in [-0.4, -0.2) is 38.4 Å². The van der Waals surface area contributed by atoms with Crippen LogP contribution in [0.3, 0.4) is 0 Å². The van der Waals surface area contributed by atoms with Crippen LogP contribution in [0.25, 0.3) is 0 Å². The number of fused-ring (bicyclic) bond motifs is 1. The molecule has 3 rings (SSSR count). The minimum atomic E-state index is -2.99. The van der Waals surface area contributed by atoms with Gasteiger partial charge in [0.15, 0.2) is 17.5 Å². The number of rotatable bonds is 9. The first-order valence-corrected chi connectivity index (χ1v) is 9.23. The Kier molecular flexibility index (Phi) is 9.62. The molecular weight excluding hydrogens is 529 g/mol. The Morgan fingerprint density at radius 2 is 2.00 bits per heavy atom. The van der Waals surface area contributed by atoms with Gasteiger partial charge < -0.3 is 34.6 Å². The maximum Gasteiger partial charge on any atom is 0.387 e. The number of benzene rings is 1. The molecule has 1 aromatic heterocycles. The lowest BCUT2D eigenvalue weighted by Gasteiger charge is -2.13. The zero-order valence-electron chi connectivity index (χ0n) is 16.7. The van der Waals surface area contributed by atoms with Crippen LogP contribution >= 0.6 is 24.0 Å². The van der Waals surface area contributed by atoms with Gasteiger partial charge in [-0.25, -0.2) is 4.99 Å². The predicted molar refractivity (Wildman–Crippen MR) is 118 cm³/mol. The Labute approximate surface area is 194 Å². The number of halogens is 3. The van der Waals surface area contributed by atoms with Gasteiger partial charge in [0.1, 0.15) is 11.5 Å². The maximum absolute atomic E-state index is 12.8. The van der Waals surface area contributed by atoms with Crippen LogP contribution in [0.5, 0.6) is 17.2 Å². The lowest BCUT2D eigenvalue weighted by molar-refractivity contribution is -0.120. The number of amides is 1. The van der Waals surface area contributed by atoms with Crippen molar-refractivity contribution in [3.63, 3.8) is 0 Å². The molecule has 0 spiro atoms. The number of carbonyl (C=O) groups is 1. The van der Waals surface area contributed by atoms with Crippen LogP contribution in [0, 0.1) is 0 Å². The maximum atomic E-state index is 12.8. The molecule has 12 heteroatoms. The molecule has 1 aliphatic rings. The van der Waals surface area contributed by atoms with Gasteiger partial charge in [0.2, 0.25) is 12.7 Å². The van der Waals surface area contributed by atoms with Crippen LogP contribution in [0.15, 0.2) is 39.9 Å². The number of aliphatic imine (C=N–C) groups is 1. The van der Waals surface area contributed by atoms with E-state index in [1.165, 1.54) is 12.3 Å². The van der Waals surface area contributed by atoms with E-state index in [1.54, 1.807) is 18.2 Å². The summed E-state index contributed by atoms with van der Waals surface area (Å²) in [5, 5.41) is 8.57. The van der Waals surface area contributed by atoms with Crippen LogP contribution < -0.4 is 30.2 Å². The van der Waals surface area contributed by atoms with Gasteiger partial charge in [0.25, 0.3) is 0 Å². The molecule has 1 amide bonds. The molecule has 9 nitrogen and oxygen atoms in total. The number of hydrogen-bond donors (Lipinski definition) is 3. The Hall–Kier alpha value is -2.77. The van der Waals surface area contributed by atoms with Crippen molar-refractivity contribution >= 4 is 35.8 Å². The standard InChI is InChI=1S/C19H22F2N4O5.HI/c1-2-22-19(25-10-17(26)23-9-13-4-3-5-27-13)24-8-12-6-15-16(29-11-28-15)7-14(12)30-18(20)21;/h3-7,18H,2,8-11H2,1H3,(H,23,26)(H2,22,24,25);1H. The monoisotopic (exact) mass is 552 g/mol. The lowest BCUT2D eigenvalue weighted by atomic mass is 10.1. The normalized spacial score (nSPS) is 12.3. The van der Waals surface area contributed by atoms with Crippen LogP contribution in [0.1, 0.15) is 18.2 Å². The first kappa shape index (κ1) is 24.5. The summed E-state index contributed by atoms with van der Waals surface area (Å²) in [6, 6.07) is 6.38. The van der Waals surface area contributed by atoms with E-state index in [4.69, 9.17) is 13.9 Å². The molecule has 2 aromatic rings. The van der Waals surface area contributed by atoms with Crippen LogP contribution in [-0.2, 0) is 17.9 Å². The van der Waals surface area contributed by atoms with E-state index < -0.39 is 6.61 Å². The average molecular weight is 552 g/mol. The first-order valence-electron chi connectivity index (χ1n) is 9.23. The van der Waals surface area contributed by atoms with Crippen molar-refractivity contribution in [3.8, 4) is 17.2 Å². The Morgan fingerprint density at radius 3 is 2.68 bits per heavy atom. The van der Waals surface area contributed by atoms with E-state index >= 15 is 0 Å². The number of nitrogens with zero attached hydrogens (tertiary/aromatic N) is 1. The van der Waals surface area contributed by atoms with E-state index in [0.717, 1.165) is 0 Å².